The third-order valence-electron chi connectivity index (χ3n) is 5.41. The van der Waals surface area contributed by atoms with Crippen LogP contribution in [0.2, 0.25) is 0 Å². The standard InChI is InChI=1S/C25H36O5S.K/c1-2-3-4-5-6-7-8-9-10-11-12-14-21-17-18-24(20-25(21)31(27,28)29)30-23-16-13-15-22(26)19-23;/h13,15-20,26H,2-12,14H2,1H3,(H,27,28,29);/q;+1/p-1. The van der Waals surface area contributed by atoms with Crippen LogP contribution in [0, 0.1) is 0 Å². The number of aryl methyl sites for hydroxylation is 1. The van der Waals surface area contributed by atoms with Gasteiger partial charge in [-0.25, -0.2) is 0 Å². The summed E-state index contributed by atoms with van der Waals surface area (Å²) >= 11 is 0. The summed E-state index contributed by atoms with van der Waals surface area (Å²) in [7, 11) is -4.36. The monoisotopic (exact) mass is 486 g/mol. The molecule has 0 unspecified atom stereocenters. The minimum Gasteiger partial charge on any atom is -0.872 e. The summed E-state index contributed by atoms with van der Waals surface area (Å²) in [5.74, 6) is 0.397. The fourth-order valence-corrected chi connectivity index (χ4v) is 4.46. The smallest absolute Gasteiger partial charge is 0.872 e. The summed E-state index contributed by atoms with van der Waals surface area (Å²) in [5.41, 5.74) is 0.586. The summed E-state index contributed by atoms with van der Waals surface area (Å²) < 4.78 is 39.0. The zero-order valence-electron chi connectivity index (χ0n) is 19.5. The zero-order valence-corrected chi connectivity index (χ0v) is 23.5. The molecular weight excluding hydrogens is 451 g/mol. The average molecular weight is 487 g/mol. The Kier molecular flexibility index (Phi) is 15.0. The summed E-state index contributed by atoms with van der Waals surface area (Å²) in [6.07, 6.45) is 14.0. The van der Waals surface area contributed by atoms with Gasteiger partial charge in [-0.1, -0.05) is 89.3 Å². The maximum Gasteiger partial charge on any atom is 1.00 e. The average Bonchev–Trinajstić information content (AvgIpc) is 2.72. The van der Waals surface area contributed by atoms with Crippen molar-refractivity contribution >= 4 is 10.1 Å². The van der Waals surface area contributed by atoms with Gasteiger partial charge in [-0.05, 0) is 36.6 Å². The molecule has 0 fully saturated rings. The van der Waals surface area contributed by atoms with Gasteiger partial charge in [-0.2, -0.15) is 8.42 Å². The van der Waals surface area contributed by atoms with Gasteiger partial charge in [0.25, 0.3) is 10.1 Å². The summed E-state index contributed by atoms with van der Waals surface area (Å²) in [5, 5.41) is 11.4. The minimum absolute atomic E-state index is 0. The van der Waals surface area contributed by atoms with Crippen molar-refractivity contribution in [1.29, 1.82) is 0 Å². The normalized spacial score (nSPS) is 11.2. The van der Waals surface area contributed by atoms with Gasteiger partial charge in [0.2, 0.25) is 0 Å². The van der Waals surface area contributed by atoms with Gasteiger partial charge < -0.3 is 9.84 Å². The zero-order chi connectivity index (χ0) is 22.5. The molecule has 0 saturated carbocycles. The molecule has 2 aromatic rings. The molecule has 0 atom stereocenters. The SMILES string of the molecule is CCCCCCCCCCCCCc1ccc(Oc2cccc([O-])c2)cc1S(=O)(=O)O.[K+]. The van der Waals surface area contributed by atoms with E-state index in [2.05, 4.69) is 6.92 Å². The fourth-order valence-electron chi connectivity index (χ4n) is 3.70. The fraction of sp³-hybridized carbons (Fsp3) is 0.520. The molecule has 172 valence electrons. The second-order valence-electron chi connectivity index (χ2n) is 8.11. The van der Waals surface area contributed by atoms with Crippen LogP contribution in [0.3, 0.4) is 0 Å². The first kappa shape index (κ1) is 29.6. The van der Waals surface area contributed by atoms with Crippen molar-refractivity contribution in [2.24, 2.45) is 0 Å². The number of ether oxygens (including phenoxy) is 1. The number of hydrogen-bond acceptors (Lipinski definition) is 4. The number of unbranched alkanes of at least 4 members (excludes halogenated alkanes) is 10. The van der Waals surface area contributed by atoms with Gasteiger partial charge in [0.05, 0.1) is 0 Å². The molecule has 5 nitrogen and oxygen atoms in total. The molecule has 0 spiro atoms. The van der Waals surface area contributed by atoms with Crippen LogP contribution in [0.25, 0.3) is 0 Å². The van der Waals surface area contributed by atoms with Crippen molar-refractivity contribution < 1.29 is 74.2 Å². The quantitative estimate of drug-likeness (QED) is 0.236. The largest absolute Gasteiger partial charge is 1.00 e. The van der Waals surface area contributed by atoms with Crippen molar-refractivity contribution in [3.05, 3.63) is 48.0 Å². The molecule has 0 aromatic heterocycles. The predicted molar refractivity (Wildman–Crippen MR) is 122 cm³/mol. The Morgan fingerprint density at radius 3 is 1.94 bits per heavy atom. The molecule has 0 heterocycles. The molecule has 0 aliphatic heterocycles. The van der Waals surface area contributed by atoms with Crippen molar-refractivity contribution in [2.75, 3.05) is 0 Å². The summed E-state index contributed by atoms with van der Waals surface area (Å²) in [6, 6.07) is 10.6. The van der Waals surface area contributed by atoms with E-state index >= 15 is 0 Å². The van der Waals surface area contributed by atoms with E-state index in [0.29, 0.717) is 17.7 Å². The summed E-state index contributed by atoms with van der Waals surface area (Å²) in [6.45, 7) is 2.23. The van der Waals surface area contributed by atoms with Crippen LogP contribution in [0.4, 0.5) is 0 Å². The molecular formula is C25H35KO5S. The predicted octanol–water partition coefficient (Wildman–Crippen LogP) is 3.66. The topological polar surface area (TPSA) is 86.7 Å². The van der Waals surface area contributed by atoms with E-state index in [1.807, 2.05) is 0 Å². The second-order valence-corrected chi connectivity index (χ2v) is 9.50. The van der Waals surface area contributed by atoms with Gasteiger partial charge in [0.1, 0.15) is 16.4 Å². The van der Waals surface area contributed by atoms with Gasteiger partial charge in [0, 0.05) is 6.07 Å². The van der Waals surface area contributed by atoms with Crippen LogP contribution in [0.15, 0.2) is 47.4 Å². The molecule has 0 aliphatic rings. The van der Waals surface area contributed by atoms with Crippen LogP contribution >= 0.6 is 0 Å². The Hall–Kier alpha value is -0.414. The Morgan fingerprint density at radius 1 is 0.812 bits per heavy atom. The number of benzene rings is 2. The van der Waals surface area contributed by atoms with E-state index in [-0.39, 0.29) is 67.8 Å². The van der Waals surface area contributed by atoms with Crippen molar-refractivity contribution in [2.45, 2.75) is 88.9 Å². The molecule has 0 saturated heterocycles. The summed E-state index contributed by atoms with van der Waals surface area (Å²) in [4.78, 5) is -0.129. The maximum atomic E-state index is 11.9. The van der Waals surface area contributed by atoms with E-state index < -0.39 is 10.1 Å². The van der Waals surface area contributed by atoms with Crippen LogP contribution < -0.4 is 61.2 Å². The molecule has 0 aliphatic carbocycles. The Morgan fingerprint density at radius 2 is 1.38 bits per heavy atom. The Balaban J connectivity index is 0.00000512. The van der Waals surface area contributed by atoms with Gasteiger partial charge >= 0.3 is 51.4 Å². The molecule has 2 rings (SSSR count). The minimum atomic E-state index is -4.36. The van der Waals surface area contributed by atoms with Crippen LogP contribution in [-0.4, -0.2) is 13.0 Å². The molecule has 0 bridgehead atoms. The van der Waals surface area contributed by atoms with E-state index in [4.69, 9.17) is 4.74 Å². The molecule has 7 heteroatoms. The first-order valence-electron chi connectivity index (χ1n) is 11.5. The van der Waals surface area contributed by atoms with Crippen molar-refractivity contribution in [3.63, 3.8) is 0 Å². The first-order chi connectivity index (χ1) is 14.9. The third kappa shape index (κ3) is 11.6. The van der Waals surface area contributed by atoms with Crippen LogP contribution in [-0.2, 0) is 16.5 Å². The van der Waals surface area contributed by atoms with Gasteiger partial charge in [-0.15, -0.1) is 5.75 Å². The van der Waals surface area contributed by atoms with Crippen LogP contribution in [0.5, 0.6) is 17.2 Å². The van der Waals surface area contributed by atoms with E-state index in [9.17, 15) is 18.1 Å². The van der Waals surface area contributed by atoms with E-state index in [1.54, 1.807) is 24.3 Å². The van der Waals surface area contributed by atoms with Gasteiger partial charge in [0.15, 0.2) is 0 Å². The maximum absolute atomic E-state index is 11.9. The van der Waals surface area contributed by atoms with Crippen LogP contribution in [0.1, 0.15) is 83.1 Å². The molecule has 0 radical (unpaired) electrons. The van der Waals surface area contributed by atoms with E-state index in [1.165, 1.54) is 69.6 Å². The third-order valence-corrected chi connectivity index (χ3v) is 6.34. The first-order valence-corrected chi connectivity index (χ1v) is 12.9. The molecule has 32 heavy (non-hydrogen) atoms. The Labute approximate surface area is 236 Å². The Bertz CT molecular complexity index is 899. The van der Waals surface area contributed by atoms with E-state index in [0.717, 1.165) is 19.3 Å². The van der Waals surface area contributed by atoms with Crippen molar-refractivity contribution in [1.82, 2.24) is 0 Å². The van der Waals surface area contributed by atoms with Gasteiger partial charge in [-0.3, -0.25) is 4.55 Å². The molecule has 1 N–H and O–H groups in total. The number of rotatable bonds is 15. The van der Waals surface area contributed by atoms with Crippen molar-refractivity contribution in [3.8, 4) is 17.2 Å². The second kappa shape index (κ2) is 16.3. The number of hydrogen-bond donors (Lipinski definition) is 1. The molecule has 2 aromatic carbocycles. The molecule has 0 amide bonds.